The van der Waals surface area contributed by atoms with Gasteiger partial charge in [0.05, 0.1) is 10.9 Å². The van der Waals surface area contributed by atoms with Crippen LogP contribution in [0.15, 0.2) is 66.2 Å². The predicted molar refractivity (Wildman–Crippen MR) is 115 cm³/mol. The van der Waals surface area contributed by atoms with E-state index in [0.717, 1.165) is 17.8 Å². The van der Waals surface area contributed by atoms with E-state index in [4.69, 9.17) is 0 Å². The third kappa shape index (κ3) is 3.85. The maximum atomic E-state index is 13.4. The summed E-state index contributed by atoms with van der Waals surface area (Å²) < 4.78 is 2.21. The van der Waals surface area contributed by atoms with Crippen molar-refractivity contribution in [2.45, 2.75) is 32.5 Å². The normalized spacial score (nSPS) is 16.0. The molecule has 150 valence electrons. The third-order valence-electron chi connectivity index (χ3n) is 5.40. The van der Waals surface area contributed by atoms with Gasteiger partial charge in [-0.1, -0.05) is 36.4 Å². The summed E-state index contributed by atoms with van der Waals surface area (Å²) in [7, 11) is 0. The van der Waals surface area contributed by atoms with Crippen LogP contribution in [0.4, 0.5) is 0 Å². The van der Waals surface area contributed by atoms with Crippen LogP contribution in [-0.2, 0) is 11.3 Å². The zero-order valence-corrected chi connectivity index (χ0v) is 17.5. The standard InChI is InChI=1S/C23H25N3O2S/c1-17(2)26(23(28)20-11-7-15-29-20)16-21(27)25-14-13-24-12-6-10-19(24)22(25)18-8-4-3-5-9-18/h3-12,15,17,22H,13-14,16H2,1-2H3. The Bertz CT molecular complexity index is 979. The average Bonchev–Trinajstić information content (AvgIpc) is 3.42. The number of benzene rings is 1. The van der Waals surface area contributed by atoms with Crippen molar-refractivity contribution in [1.82, 2.24) is 14.4 Å². The lowest BCUT2D eigenvalue weighted by Gasteiger charge is -2.39. The molecule has 1 aromatic carbocycles. The predicted octanol–water partition coefficient (Wildman–Crippen LogP) is 4.03. The number of nitrogens with zero attached hydrogens (tertiary/aromatic N) is 3. The van der Waals surface area contributed by atoms with E-state index < -0.39 is 0 Å². The van der Waals surface area contributed by atoms with Crippen molar-refractivity contribution >= 4 is 23.2 Å². The van der Waals surface area contributed by atoms with Crippen molar-refractivity contribution in [1.29, 1.82) is 0 Å². The van der Waals surface area contributed by atoms with Crippen LogP contribution in [-0.4, -0.2) is 45.3 Å². The average molecular weight is 408 g/mol. The molecule has 0 N–H and O–H groups in total. The van der Waals surface area contributed by atoms with Crippen molar-refractivity contribution in [3.8, 4) is 0 Å². The van der Waals surface area contributed by atoms with E-state index in [1.54, 1.807) is 4.90 Å². The molecule has 0 bridgehead atoms. The van der Waals surface area contributed by atoms with Gasteiger partial charge >= 0.3 is 0 Å². The Kier molecular flexibility index (Phi) is 5.53. The highest BCUT2D eigenvalue weighted by Crippen LogP contribution is 2.32. The van der Waals surface area contributed by atoms with E-state index in [9.17, 15) is 9.59 Å². The van der Waals surface area contributed by atoms with Crippen molar-refractivity contribution in [2.75, 3.05) is 13.1 Å². The number of fused-ring (bicyclic) bond motifs is 1. The number of amides is 2. The molecular weight excluding hydrogens is 382 g/mol. The molecule has 0 radical (unpaired) electrons. The molecule has 0 saturated carbocycles. The third-order valence-corrected chi connectivity index (χ3v) is 6.25. The molecule has 1 atom stereocenters. The summed E-state index contributed by atoms with van der Waals surface area (Å²) in [5.41, 5.74) is 2.19. The molecule has 29 heavy (non-hydrogen) atoms. The molecule has 1 unspecified atom stereocenters. The van der Waals surface area contributed by atoms with Crippen LogP contribution in [0.2, 0.25) is 0 Å². The highest BCUT2D eigenvalue weighted by molar-refractivity contribution is 7.12. The Hall–Kier alpha value is -2.86. The minimum atomic E-state index is -0.140. The van der Waals surface area contributed by atoms with E-state index in [1.807, 2.05) is 60.5 Å². The molecule has 0 fully saturated rings. The van der Waals surface area contributed by atoms with Crippen molar-refractivity contribution in [3.05, 3.63) is 82.3 Å². The Balaban J connectivity index is 1.62. The molecule has 0 aliphatic carbocycles. The van der Waals surface area contributed by atoms with Crippen LogP contribution in [0, 0.1) is 0 Å². The summed E-state index contributed by atoms with van der Waals surface area (Å²) in [6.45, 7) is 5.37. The smallest absolute Gasteiger partial charge is 0.264 e. The number of thiophene rings is 1. The summed E-state index contributed by atoms with van der Waals surface area (Å²) >= 11 is 1.41. The van der Waals surface area contributed by atoms with Gasteiger partial charge in [-0.3, -0.25) is 9.59 Å². The largest absolute Gasteiger partial charge is 0.348 e. The summed E-state index contributed by atoms with van der Waals surface area (Å²) in [6, 6.07) is 17.7. The van der Waals surface area contributed by atoms with E-state index in [2.05, 4.69) is 29.0 Å². The molecule has 6 heteroatoms. The highest BCUT2D eigenvalue weighted by Gasteiger charge is 2.34. The second-order valence-electron chi connectivity index (χ2n) is 7.53. The Morgan fingerprint density at radius 1 is 1.07 bits per heavy atom. The van der Waals surface area contributed by atoms with Gasteiger partial charge in [0.25, 0.3) is 5.91 Å². The summed E-state index contributed by atoms with van der Waals surface area (Å²) in [5, 5.41) is 1.89. The minimum Gasteiger partial charge on any atom is -0.348 e. The molecular formula is C23H25N3O2S. The first-order chi connectivity index (χ1) is 14.1. The quantitative estimate of drug-likeness (QED) is 0.641. The van der Waals surface area contributed by atoms with E-state index in [1.165, 1.54) is 11.3 Å². The molecule has 3 aromatic rings. The Morgan fingerprint density at radius 3 is 2.55 bits per heavy atom. The van der Waals surface area contributed by atoms with Gasteiger partial charge in [-0.2, -0.15) is 0 Å². The van der Waals surface area contributed by atoms with Gasteiger partial charge in [-0.25, -0.2) is 0 Å². The fourth-order valence-corrected chi connectivity index (χ4v) is 4.58. The highest BCUT2D eigenvalue weighted by atomic mass is 32.1. The SMILES string of the molecule is CC(C)N(CC(=O)N1CCn2cccc2C1c1ccccc1)C(=O)c1cccs1. The molecule has 2 amide bonds. The summed E-state index contributed by atoms with van der Waals surface area (Å²) in [5.74, 6) is -0.107. The summed E-state index contributed by atoms with van der Waals surface area (Å²) in [6.07, 6.45) is 2.06. The minimum absolute atomic E-state index is 0.0232. The van der Waals surface area contributed by atoms with Crippen molar-refractivity contribution in [2.24, 2.45) is 0 Å². The van der Waals surface area contributed by atoms with Gasteiger partial charge < -0.3 is 14.4 Å². The van der Waals surface area contributed by atoms with Gasteiger partial charge in [0.2, 0.25) is 5.91 Å². The van der Waals surface area contributed by atoms with Crippen LogP contribution >= 0.6 is 11.3 Å². The number of aromatic nitrogens is 1. The number of hydrogen-bond donors (Lipinski definition) is 0. The van der Waals surface area contributed by atoms with E-state index >= 15 is 0 Å². The summed E-state index contributed by atoms with van der Waals surface area (Å²) in [4.78, 5) is 30.6. The fourth-order valence-electron chi connectivity index (χ4n) is 3.91. The number of rotatable bonds is 5. The molecule has 0 spiro atoms. The van der Waals surface area contributed by atoms with E-state index in [-0.39, 0.29) is 30.4 Å². The first-order valence-electron chi connectivity index (χ1n) is 9.90. The molecule has 1 aliphatic heterocycles. The Morgan fingerprint density at radius 2 is 1.86 bits per heavy atom. The maximum absolute atomic E-state index is 13.4. The lowest BCUT2D eigenvalue weighted by Crippen LogP contribution is -2.49. The van der Waals surface area contributed by atoms with Crippen molar-refractivity contribution in [3.63, 3.8) is 0 Å². The fraction of sp³-hybridized carbons (Fsp3) is 0.304. The van der Waals surface area contributed by atoms with Gasteiger partial charge in [-0.15, -0.1) is 11.3 Å². The molecule has 5 nitrogen and oxygen atoms in total. The molecule has 2 aromatic heterocycles. The monoisotopic (exact) mass is 407 g/mol. The second-order valence-corrected chi connectivity index (χ2v) is 8.48. The number of hydrogen-bond acceptors (Lipinski definition) is 3. The second kappa shape index (κ2) is 8.25. The zero-order valence-electron chi connectivity index (χ0n) is 16.7. The van der Waals surface area contributed by atoms with Crippen LogP contribution in [0.1, 0.15) is 40.8 Å². The van der Waals surface area contributed by atoms with Gasteiger partial charge in [0.1, 0.15) is 6.54 Å². The van der Waals surface area contributed by atoms with Crippen LogP contribution in [0.25, 0.3) is 0 Å². The zero-order chi connectivity index (χ0) is 20.4. The Labute approximate surface area is 175 Å². The van der Waals surface area contributed by atoms with Crippen LogP contribution in [0.3, 0.4) is 0 Å². The van der Waals surface area contributed by atoms with E-state index in [0.29, 0.717) is 11.4 Å². The number of carbonyl (C=O) groups is 2. The first-order valence-corrected chi connectivity index (χ1v) is 10.8. The lowest BCUT2D eigenvalue weighted by atomic mass is 10.00. The van der Waals surface area contributed by atoms with Gasteiger partial charge in [0, 0.05) is 31.0 Å². The van der Waals surface area contributed by atoms with Crippen molar-refractivity contribution < 1.29 is 9.59 Å². The van der Waals surface area contributed by atoms with Crippen LogP contribution < -0.4 is 0 Å². The topological polar surface area (TPSA) is 45.6 Å². The lowest BCUT2D eigenvalue weighted by molar-refractivity contribution is -0.135. The molecule has 0 saturated heterocycles. The van der Waals surface area contributed by atoms with Crippen LogP contribution in [0.5, 0.6) is 0 Å². The molecule has 1 aliphatic rings. The first kappa shape index (κ1) is 19.5. The van der Waals surface area contributed by atoms with Gasteiger partial charge in [0.15, 0.2) is 0 Å². The molecule has 4 rings (SSSR count). The van der Waals surface area contributed by atoms with Gasteiger partial charge in [-0.05, 0) is 43.0 Å². The molecule has 3 heterocycles. The maximum Gasteiger partial charge on any atom is 0.264 e. The number of carbonyl (C=O) groups excluding carboxylic acids is 2.